The van der Waals surface area contributed by atoms with E-state index in [0.29, 0.717) is 12.5 Å². The van der Waals surface area contributed by atoms with Gasteiger partial charge in [-0.05, 0) is 6.92 Å². The number of aromatic nitrogens is 1. The predicted molar refractivity (Wildman–Crippen MR) is 45.4 cm³/mol. The van der Waals surface area contributed by atoms with Gasteiger partial charge in [-0.3, -0.25) is 0 Å². The Morgan fingerprint density at radius 1 is 1.82 bits per heavy atom. The topological polar surface area (TPSA) is 48.1 Å². The minimum Gasteiger partial charge on any atom is -0.304 e. The highest BCUT2D eigenvalue weighted by atomic mass is 32.1. The number of nitrogens with two attached hydrogens (primary N) is 1. The van der Waals surface area contributed by atoms with E-state index in [2.05, 4.69) is 16.7 Å². The Morgan fingerprint density at radius 3 is 3.00 bits per heavy atom. The molecule has 0 spiro atoms. The molecule has 0 radical (unpaired) electrons. The summed E-state index contributed by atoms with van der Waals surface area (Å²) in [5, 5.41) is 1.09. The first-order valence-electron chi connectivity index (χ1n) is 3.48. The van der Waals surface area contributed by atoms with E-state index in [-0.39, 0.29) is 0 Å². The van der Waals surface area contributed by atoms with Crippen molar-refractivity contribution in [1.82, 2.24) is 4.98 Å². The molecule has 1 aromatic rings. The zero-order valence-corrected chi connectivity index (χ0v) is 7.52. The van der Waals surface area contributed by atoms with Gasteiger partial charge in [0, 0.05) is 17.0 Å². The normalized spacial score (nSPS) is 13.4. The molecule has 0 aliphatic carbocycles. The van der Waals surface area contributed by atoms with E-state index in [4.69, 9.17) is 5.90 Å². The molecular formula is C7H12N2OS. The summed E-state index contributed by atoms with van der Waals surface area (Å²) in [7, 11) is 0. The molecule has 1 heterocycles. The Bertz CT molecular complexity index is 224. The minimum atomic E-state index is 0.353. The average Bonchev–Trinajstić information content (AvgIpc) is 2.36. The van der Waals surface area contributed by atoms with Crippen molar-refractivity contribution in [2.45, 2.75) is 19.8 Å². The van der Waals surface area contributed by atoms with E-state index in [1.165, 1.54) is 4.88 Å². The summed E-state index contributed by atoms with van der Waals surface area (Å²) in [6.45, 7) is 4.62. The smallest absolute Gasteiger partial charge is 0.0896 e. The first-order valence-corrected chi connectivity index (χ1v) is 4.29. The van der Waals surface area contributed by atoms with Crippen LogP contribution in [0.4, 0.5) is 0 Å². The monoisotopic (exact) mass is 172 g/mol. The number of nitrogens with zero attached hydrogens (tertiary/aromatic N) is 1. The van der Waals surface area contributed by atoms with Gasteiger partial charge in [0.25, 0.3) is 0 Å². The lowest BCUT2D eigenvalue weighted by atomic mass is 10.2. The van der Waals surface area contributed by atoms with Crippen LogP contribution < -0.4 is 5.90 Å². The Kier molecular flexibility index (Phi) is 2.99. The van der Waals surface area contributed by atoms with Crippen LogP contribution in [-0.4, -0.2) is 11.6 Å². The molecule has 1 rings (SSSR count). The Hall–Kier alpha value is -0.450. The van der Waals surface area contributed by atoms with Gasteiger partial charge in [-0.1, -0.05) is 6.92 Å². The summed E-state index contributed by atoms with van der Waals surface area (Å²) in [6, 6.07) is 0. The van der Waals surface area contributed by atoms with Crippen LogP contribution in [0.3, 0.4) is 0 Å². The van der Waals surface area contributed by atoms with Crippen LogP contribution in [0.1, 0.15) is 22.7 Å². The van der Waals surface area contributed by atoms with Crippen molar-refractivity contribution >= 4 is 11.3 Å². The molecule has 1 atom stereocenters. The lowest BCUT2D eigenvalue weighted by Gasteiger charge is -2.04. The molecule has 1 unspecified atom stereocenters. The van der Waals surface area contributed by atoms with Gasteiger partial charge in [0.05, 0.1) is 11.6 Å². The van der Waals surface area contributed by atoms with E-state index >= 15 is 0 Å². The second kappa shape index (κ2) is 3.80. The van der Waals surface area contributed by atoms with E-state index < -0.39 is 0 Å². The van der Waals surface area contributed by atoms with Crippen LogP contribution in [0.2, 0.25) is 0 Å². The zero-order chi connectivity index (χ0) is 8.27. The van der Waals surface area contributed by atoms with E-state index in [0.717, 1.165) is 5.01 Å². The molecule has 0 aromatic carbocycles. The highest BCUT2D eigenvalue weighted by Gasteiger charge is 2.07. The van der Waals surface area contributed by atoms with E-state index in [9.17, 15) is 0 Å². The van der Waals surface area contributed by atoms with Crippen LogP contribution in [0, 0.1) is 6.92 Å². The third-order valence-electron chi connectivity index (χ3n) is 1.47. The second-order valence-electron chi connectivity index (χ2n) is 2.52. The number of thiazole rings is 1. The van der Waals surface area contributed by atoms with Crippen molar-refractivity contribution in [3.05, 3.63) is 16.1 Å². The highest BCUT2D eigenvalue weighted by molar-refractivity contribution is 7.11. The number of hydrogen-bond donors (Lipinski definition) is 1. The fraction of sp³-hybridized carbons (Fsp3) is 0.571. The van der Waals surface area contributed by atoms with Crippen LogP contribution in [0.5, 0.6) is 0 Å². The largest absolute Gasteiger partial charge is 0.304 e. The number of rotatable bonds is 3. The van der Waals surface area contributed by atoms with Crippen LogP contribution in [0.15, 0.2) is 6.20 Å². The molecule has 0 amide bonds. The average molecular weight is 172 g/mol. The lowest BCUT2D eigenvalue weighted by molar-refractivity contribution is 0.127. The fourth-order valence-electron chi connectivity index (χ4n) is 0.832. The summed E-state index contributed by atoms with van der Waals surface area (Å²) in [4.78, 5) is 9.92. The van der Waals surface area contributed by atoms with Crippen LogP contribution >= 0.6 is 11.3 Å². The van der Waals surface area contributed by atoms with Crippen molar-refractivity contribution in [2.24, 2.45) is 5.90 Å². The Labute approximate surface area is 70.2 Å². The van der Waals surface area contributed by atoms with Crippen molar-refractivity contribution in [2.75, 3.05) is 6.61 Å². The summed E-state index contributed by atoms with van der Waals surface area (Å²) < 4.78 is 0. The van der Waals surface area contributed by atoms with Gasteiger partial charge in [-0.15, -0.1) is 11.3 Å². The third kappa shape index (κ3) is 2.25. The number of aryl methyl sites for hydroxylation is 1. The molecular weight excluding hydrogens is 160 g/mol. The first-order chi connectivity index (χ1) is 5.24. The molecule has 4 heteroatoms. The molecule has 3 nitrogen and oxygen atoms in total. The van der Waals surface area contributed by atoms with Crippen LogP contribution in [0.25, 0.3) is 0 Å². The summed E-state index contributed by atoms with van der Waals surface area (Å²) >= 11 is 1.69. The molecule has 1 aromatic heterocycles. The minimum absolute atomic E-state index is 0.353. The quantitative estimate of drug-likeness (QED) is 0.702. The van der Waals surface area contributed by atoms with Crippen molar-refractivity contribution < 1.29 is 4.84 Å². The van der Waals surface area contributed by atoms with E-state index in [1.54, 1.807) is 11.3 Å². The zero-order valence-electron chi connectivity index (χ0n) is 6.70. The third-order valence-corrected chi connectivity index (χ3v) is 2.62. The molecule has 0 aliphatic heterocycles. The predicted octanol–water partition coefficient (Wildman–Crippen LogP) is 1.45. The van der Waals surface area contributed by atoms with Gasteiger partial charge < -0.3 is 4.84 Å². The van der Waals surface area contributed by atoms with Gasteiger partial charge in [0.1, 0.15) is 0 Å². The molecule has 11 heavy (non-hydrogen) atoms. The van der Waals surface area contributed by atoms with Gasteiger partial charge in [0.15, 0.2) is 0 Å². The van der Waals surface area contributed by atoms with E-state index in [1.807, 2.05) is 13.1 Å². The maximum atomic E-state index is 4.96. The van der Waals surface area contributed by atoms with Crippen molar-refractivity contribution in [3.63, 3.8) is 0 Å². The summed E-state index contributed by atoms with van der Waals surface area (Å²) in [6.07, 6.45) is 1.88. The SMILES string of the molecule is Cc1ncc(C(C)CON)s1. The molecule has 62 valence electrons. The molecule has 2 N–H and O–H groups in total. The van der Waals surface area contributed by atoms with Crippen molar-refractivity contribution in [1.29, 1.82) is 0 Å². The molecule has 0 fully saturated rings. The fourth-order valence-corrected chi connectivity index (χ4v) is 1.65. The van der Waals surface area contributed by atoms with Gasteiger partial charge >= 0.3 is 0 Å². The maximum absolute atomic E-state index is 4.96. The Balaban J connectivity index is 2.60. The molecule has 0 bridgehead atoms. The van der Waals surface area contributed by atoms with Crippen molar-refractivity contribution in [3.8, 4) is 0 Å². The summed E-state index contributed by atoms with van der Waals surface area (Å²) in [5.41, 5.74) is 0. The van der Waals surface area contributed by atoms with Gasteiger partial charge in [0.2, 0.25) is 0 Å². The number of hydrogen-bond acceptors (Lipinski definition) is 4. The standard InChI is InChI=1S/C7H12N2OS/c1-5(4-10-8)7-3-9-6(2)11-7/h3,5H,4,8H2,1-2H3. The maximum Gasteiger partial charge on any atom is 0.0896 e. The molecule has 0 aliphatic rings. The molecule has 0 saturated carbocycles. The Morgan fingerprint density at radius 2 is 2.55 bits per heavy atom. The first kappa shape index (κ1) is 8.64. The van der Waals surface area contributed by atoms with Crippen LogP contribution in [-0.2, 0) is 4.84 Å². The second-order valence-corrected chi connectivity index (χ2v) is 3.78. The van der Waals surface area contributed by atoms with Gasteiger partial charge in [-0.25, -0.2) is 10.9 Å². The van der Waals surface area contributed by atoms with Gasteiger partial charge in [-0.2, -0.15) is 0 Å². The lowest BCUT2D eigenvalue weighted by Crippen LogP contribution is -2.07. The highest BCUT2D eigenvalue weighted by Crippen LogP contribution is 2.21. The summed E-state index contributed by atoms with van der Waals surface area (Å²) in [5.74, 6) is 5.31. The molecule has 0 saturated heterocycles.